The van der Waals surface area contributed by atoms with E-state index in [9.17, 15) is 4.79 Å². The molecule has 0 amide bonds. The summed E-state index contributed by atoms with van der Waals surface area (Å²) in [5.41, 5.74) is 3.14. The van der Waals surface area contributed by atoms with Crippen molar-refractivity contribution >= 4 is 16.7 Å². The number of fused-ring (bicyclic) bond motifs is 1. The van der Waals surface area contributed by atoms with E-state index in [-0.39, 0.29) is 22.9 Å². The SMILES string of the molecule is CC(C)n1ccc(-c2ccn(C(=N)c3ccnc4ccccc34)c(=N)c2)cc1=O. The second-order valence-electron chi connectivity index (χ2n) is 7.15. The first kappa shape index (κ1) is 18.6. The van der Waals surface area contributed by atoms with Gasteiger partial charge in [-0.2, -0.15) is 0 Å². The van der Waals surface area contributed by atoms with Crippen molar-refractivity contribution in [2.75, 3.05) is 0 Å². The van der Waals surface area contributed by atoms with Gasteiger partial charge in [0.1, 0.15) is 11.3 Å². The number of benzene rings is 1. The molecule has 0 radical (unpaired) electrons. The molecule has 0 aliphatic carbocycles. The van der Waals surface area contributed by atoms with Gasteiger partial charge in [-0.25, -0.2) is 0 Å². The highest BCUT2D eigenvalue weighted by Gasteiger charge is 2.11. The van der Waals surface area contributed by atoms with E-state index in [0.717, 1.165) is 22.0 Å². The molecule has 0 fully saturated rings. The Hall–Kier alpha value is -3.80. The van der Waals surface area contributed by atoms with Crippen molar-refractivity contribution in [2.24, 2.45) is 0 Å². The minimum absolute atomic E-state index is 0.0724. The van der Waals surface area contributed by atoms with Gasteiger partial charge in [0.2, 0.25) is 0 Å². The minimum Gasteiger partial charge on any atom is -0.313 e. The molecule has 0 aliphatic heterocycles. The summed E-state index contributed by atoms with van der Waals surface area (Å²) in [5, 5.41) is 17.9. The molecule has 0 unspecified atom stereocenters. The van der Waals surface area contributed by atoms with Crippen LogP contribution in [-0.2, 0) is 0 Å². The predicted molar refractivity (Wildman–Crippen MR) is 114 cm³/mol. The molecular formula is C23H21N5O. The maximum absolute atomic E-state index is 12.3. The number of aromatic nitrogens is 3. The molecule has 3 aromatic heterocycles. The second-order valence-corrected chi connectivity index (χ2v) is 7.15. The molecule has 29 heavy (non-hydrogen) atoms. The van der Waals surface area contributed by atoms with Crippen LogP contribution in [0.3, 0.4) is 0 Å². The number of nitrogens with zero attached hydrogens (tertiary/aromatic N) is 3. The Morgan fingerprint density at radius 1 is 1.00 bits per heavy atom. The fourth-order valence-electron chi connectivity index (χ4n) is 3.40. The summed E-state index contributed by atoms with van der Waals surface area (Å²) in [7, 11) is 0. The van der Waals surface area contributed by atoms with Crippen LogP contribution in [0.5, 0.6) is 0 Å². The summed E-state index contributed by atoms with van der Waals surface area (Å²) in [5.74, 6) is 0.204. The van der Waals surface area contributed by atoms with Crippen molar-refractivity contribution in [3.05, 3.63) is 94.6 Å². The summed E-state index contributed by atoms with van der Waals surface area (Å²) < 4.78 is 3.18. The van der Waals surface area contributed by atoms with Gasteiger partial charge in [-0.3, -0.25) is 25.2 Å². The molecule has 6 nitrogen and oxygen atoms in total. The van der Waals surface area contributed by atoms with Crippen LogP contribution < -0.4 is 11.0 Å². The number of rotatable bonds is 3. The number of nitrogens with one attached hydrogen (secondary N) is 2. The second kappa shape index (κ2) is 7.31. The molecule has 0 spiro atoms. The third kappa shape index (κ3) is 3.40. The summed E-state index contributed by atoms with van der Waals surface area (Å²) in [6.07, 6.45) is 5.15. The summed E-state index contributed by atoms with van der Waals surface area (Å²) in [6, 6.07) is 16.5. The molecule has 0 atom stereocenters. The summed E-state index contributed by atoms with van der Waals surface area (Å²) in [6.45, 7) is 3.92. The van der Waals surface area contributed by atoms with Crippen LogP contribution in [0.15, 0.2) is 78.0 Å². The Morgan fingerprint density at radius 2 is 1.72 bits per heavy atom. The fourth-order valence-corrected chi connectivity index (χ4v) is 3.40. The quantitative estimate of drug-likeness (QED) is 0.416. The molecule has 0 aliphatic rings. The Labute approximate surface area is 167 Å². The molecule has 2 N–H and O–H groups in total. The van der Waals surface area contributed by atoms with Crippen LogP contribution in [-0.4, -0.2) is 20.0 Å². The van der Waals surface area contributed by atoms with Gasteiger partial charge in [-0.05, 0) is 55.3 Å². The molecule has 144 valence electrons. The van der Waals surface area contributed by atoms with Crippen molar-refractivity contribution in [1.29, 1.82) is 10.8 Å². The average Bonchev–Trinajstić information content (AvgIpc) is 2.72. The smallest absolute Gasteiger partial charge is 0.251 e. The van der Waals surface area contributed by atoms with Crippen molar-refractivity contribution in [3.63, 3.8) is 0 Å². The average molecular weight is 383 g/mol. The van der Waals surface area contributed by atoms with Crippen LogP contribution in [0.25, 0.3) is 22.0 Å². The van der Waals surface area contributed by atoms with Crippen molar-refractivity contribution in [2.45, 2.75) is 19.9 Å². The Bertz CT molecular complexity index is 1340. The van der Waals surface area contributed by atoms with E-state index >= 15 is 0 Å². The lowest BCUT2D eigenvalue weighted by Gasteiger charge is -2.13. The highest BCUT2D eigenvalue weighted by atomic mass is 16.1. The predicted octanol–water partition coefficient (Wildman–Crippen LogP) is 3.80. The van der Waals surface area contributed by atoms with Gasteiger partial charge in [0.15, 0.2) is 0 Å². The zero-order valence-corrected chi connectivity index (χ0v) is 16.3. The van der Waals surface area contributed by atoms with Crippen molar-refractivity contribution in [3.8, 4) is 11.1 Å². The van der Waals surface area contributed by atoms with E-state index < -0.39 is 0 Å². The lowest BCUT2D eigenvalue weighted by molar-refractivity contribution is 0.579. The number of para-hydroxylation sites is 1. The monoisotopic (exact) mass is 383 g/mol. The Balaban J connectivity index is 1.74. The highest BCUT2D eigenvalue weighted by molar-refractivity contribution is 6.08. The van der Waals surface area contributed by atoms with Gasteiger partial charge < -0.3 is 4.57 Å². The van der Waals surface area contributed by atoms with Gasteiger partial charge in [0.25, 0.3) is 5.56 Å². The largest absolute Gasteiger partial charge is 0.313 e. The molecule has 0 saturated carbocycles. The van der Waals surface area contributed by atoms with Gasteiger partial charge in [0, 0.05) is 41.6 Å². The van der Waals surface area contributed by atoms with E-state index in [1.807, 2.05) is 50.2 Å². The first-order valence-corrected chi connectivity index (χ1v) is 9.38. The van der Waals surface area contributed by atoms with Gasteiger partial charge in [-0.1, -0.05) is 18.2 Å². The maximum Gasteiger partial charge on any atom is 0.251 e. The summed E-state index contributed by atoms with van der Waals surface area (Å²) >= 11 is 0. The van der Waals surface area contributed by atoms with Crippen LogP contribution in [0, 0.1) is 10.8 Å². The molecule has 1 aromatic carbocycles. The van der Waals surface area contributed by atoms with Crippen LogP contribution in [0.4, 0.5) is 0 Å². The Kier molecular flexibility index (Phi) is 4.68. The van der Waals surface area contributed by atoms with Gasteiger partial charge in [-0.15, -0.1) is 0 Å². The van der Waals surface area contributed by atoms with E-state index in [0.29, 0.717) is 5.56 Å². The number of hydrogen-bond donors (Lipinski definition) is 2. The van der Waals surface area contributed by atoms with E-state index in [1.54, 1.807) is 41.4 Å². The van der Waals surface area contributed by atoms with E-state index in [1.165, 1.54) is 4.57 Å². The van der Waals surface area contributed by atoms with Crippen LogP contribution in [0.1, 0.15) is 25.5 Å². The minimum atomic E-state index is -0.0724. The first-order chi connectivity index (χ1) is 14.0. The highest BCUT2D eigenvalue weighted by Crippen LogP contribution is 2.19. The lowest BCUT2D eigenvalue weighted by atomic mass is 10.1. The third-order valence-corrected chi connectivity index (χ3v) is 4.94. The fraction of sp³-hybridized carbons (Fsp3) is 0.130. The first-order valence-electron chi connectivity index (χ1n) is 9.38. The Morgan fingerprint density at radius 3 is 2.45 bits per heavy atom. The molecule has 0 bridgehead atoms. The van der Waals surface area contributed by atoms with Crippen LogP contribution >= 0.6 is 0 Å². The molecule has 6 heteroatoms. The lowest BCUT2D eigenvalue weighted by Crippen LogP contribution is -2.26. The number of pyridine rings is 3. The topological polar surface area (TPSA) is 87.5 Å². The molecule has 4 aromatic rings. The van der Waals surface area contributed by atoms with Crippen molar-refractivity contribution in [1.82, 2.24) is 14.1 Å². The zero-order valence-electron chi connectivity index (χ0n) is 16.3. The normalized spacial score (nSPS) is 11.1. The zero-order chi connectivity index (χ0) is 20.5. The molecule has 3 heterocycles. The standard InChI is InChI=1S/C23H21N5O/c1-15(2)27-11-8-17(14-22(27)29)16-9-12-28(21(24)13-16)23(25)19-7-10-26-20-6-4-3-5-18(19)20/h3-15,24-25H,1-2H3. The third-order valence-electron chi connectivity index (χ3n) is 4.94. The van der Waals surface area contributed by atoms with Crippen LogP contribution in [0.2, 0.25) is 0 Å². The van der Waals surface area contributed by atoms with Gasteiger partial charge in [0.05, 0.1) is 5.52 Å². The molecule has 0 saturated heterocycles. The number of hydrogen-bond acceptors (Lipinski definition) is 4. The molecular weight excluding hydrogens is 362 g/mol. The van der Waals surface area contributed by atoms with Gasteiger partial charge >= 0.3 is 0 Å². The van der Waals surface area contributed by atoms with Crippen molar-refractivity contribution < 1.29 is 0 Å². The summed E-state index contributed by atoms with van der Waals surface area (Å²) in [4.78, 5) is 16.6. The van der Waals surface area contributed by atoms with E-state index in [2.05, 4.69) is 4.98 Å². The maximum atomic E-state index is 12.3. The van der Waals surface area contributed by atoms with E-state index in [4.69, 9.17) is 10.8 Å². The molecule has 4 rings (SSSR count).